The molecule has 0 bridgehead atoms. The molecule has 1 aromatic rings. The summed E-state index contributed by atoms with van der Waals surface area (Å²) in [5.41, 5.74) is 1.33. The SMILES string of the molecule is CCNC(CCCC(C)C)Cc1cccc(Cl)c1. The Hall–Kier alpha value is -0.530. The fourth-order valence-corrected chi connectivity index (χ4v) is 2.50. The Morgan fingerprint density at radius 2 is 2.00 bits per heavy atom. The highest BCUT2D eigenvalue weighted by Crippen LogP contribution is 2.15. The minimum Gasteiger partial charge on any atom is -0.314 e. The van der Waals surface area contributed by atoms with Crippen molar-refractivity contribution in [1.29, 1.82) is 0 Å². The highest BCUT2D eigenvalue weighted by Gasteiger charge is 2.09. The van der Waals surface area contributed by atoms with Gasteiger partial charge in [-0.25, -0.2) is 0 Å². The van der Waals surface area contributed by atoms with Crippen LogP contribution in [0.4, 0.5) is 0 Å². The molecule has 18 heavy (non-hydrogen) atoms. The van der Waals surface area contributed by atoms with E-state index in [0.29, 0.717) is 6.04 Å². The highest BCUT2D eigenvalue weighted by molar-refractivity contribution is 6.30. The lowest BCUT2D eigenvalue weighted by atomic mass is 9.98. The third-order valence-electron chi connectivity index (χ3n) is 3.20. The van der Waals surface area contributed by atoms with Gasteiger partial charge in [0.2, 0.25) is 0 Å². The Morgan fingerprint density at radius 3 is 2.61 bits per heavy atom. The molecule has 102 valence electrons. The Morgan fingerprint density at radius 1 is 1.22 bits per heavy atom. The van der Waals surface area contributed by atoms with E-state index in [1.54, 1.807) is 0 Å². The summed E-state index contributed by atoms with van der Waals surface area (Å²) in [5, 5.41) is 4.42. The molecule has 0 spiro atoms. The van der Waals surface area contributed by atoms with Gasteiger partial charge in [0.05, 0.1) is 0 Å². The van der Waals surface area contributed by atoms with E-state index in [0.717, 1.165) is 23.9 Å². The Balaban J connectivity index is 2.46. The molecule has 1 aromatic carbocycles. The molecular formula is C16H26ClN. The number of likely N-dealkylation sites (N-methyl/N-ethyl adjacent to an activating group) is 1. The van der Waals surface area contributed by atoms with Crippen LogP contribution in [0.15, 0.2) is 24.3 Å². The largest absolute Gasteiger partial charge is 0.314 e. The summed E-state index contributed by atoms with van der Waals surface area (Å²) in [6, 6.07) is 8.79. The van der Waals surface area contributed by atoms with Crippen molar-refractivity contribution in [2.75, 3.05) is 6.54 Å². The van der Waals surface area contributed by atoms with Gasteiger partial charge in [-0.3, -0.25) is 0 Å². The van der Waals surface area contributed by atoms with Crippen molar-refractivity contribution < 1.29 is 0 Å². The van der Waals surface area contributed by atoms with Crippen LogP contribution in [0.2, 0.25) is 5.02 Å². The van der Waals surface area contributed by atoms with Crippen molar-refractivity contribution in [3.05, 3.63) is 34.9 Å². The zero-order valence-electron chi connectivity index (χ0n) is 11.9. The van der Waals surface area contributed by atoms with Gasteiger partial charge in [-0.2, -0.15) is 0 Å². The van der Waals surface area contributed by atoms with Gasteiger partial charge in [-0.05, 0) is 43.0 Å². The molecule has 1 unspecified atom stereocenters. The molecule has 0 aliphatic rings. The van der Waals surface area contributed by atoms with E-state index < -0.39 is 0 Å². The Bertz CT molecular complexity index is 336. The second kappa shape index (κ2) is 8.55. The summed E-state index contributed by atoms with van der Waals surface area (Å²) in [5.74, 6) is 0.804. The average molecular weight is 268 g/mol. The van der Waals surface area contributed by atoms with E-state index in [1.165, 1.54) is 24.8 Å². The normalized spacial score (nSPS) is 12.9. The van der Waals surface area contributed by atoms with Crippen LogP contribution in [-0.2, 0) is 6.42 Å². The van der Waals surface area contributed by atoms with Crippen LogP contribution in [0, 0.1) is 5.92 Å². The quantitative estimate of drug-likeness (QED) is 0.721. The molecule has 1 rings (SSSR count). The second-order valence-corrected chi connectivity index (χ2v) is 5.85. The average Bonchev–Trinajstić information content (AvgIpc) is 2.28. The first kappa shape index (κ1) is 15.5. The van der Waals surface area contributed by atoms with Crippen molar-refractivity contribution in [2.45, 2.75) is 52.5 Å². The van der Waals surface area contributed by atoms with Crippen molar-refractivity contribution in [1.82, 2.24) is 5.32 Å². The summed E-state index contributed by atoms with van der Waals surface area (Å²) in [7, 11) is 0. The molecule has 0 saturated heterocycles. The lowest BCUT2D eigenvalue weighted by Gasteiger charge is -2.18. The van der Waals surface area contributed by atoms with Crippen LogP contribution in [0.5, 0.6) is 0 Å². The molecule has 0 saturated carbocycles. The highest BCUT2D eigenvalue weighted by atomic mass is 35.5. The molecule has 0 amide bonds. The molecule has 1 nitrogen and oxygen atoms in total. The summed E-state index contributed by atoms with van der Waals surface area (Å²) in [4.78, 5) is 0. The van der Waals surface area contributed by atoms with Gasteiger partial charge >= 0.3 is 0 Å². The molecule has 1 atom stereocenters. The number of halogens is 1. The molecule has 0 aliphatic carbocycles. The smallest absolute Gasteiger partial charge is 0.0408 e. The van der Waals surface area contributed by atoms with Crippen LogP contribution in [0.1, 0.15) is 45.6 Å². The summed E-state index contributed by atoms with van der Waals surface area (Å²) in [6.45, 7) is 7.79. The van der Waals surface area contributed by atoms with Crippen LogP contribution in [0.3, 0.4) is 0 Å². The minimum atomic E-state index is 0.576. The molecular weight excluding hydrogens is 242 g/mol. The molecule has 0 aliphatic heterocycles. The monoisotopic (exact) mass is 267 g/mol. The lowest BCUT2D eigenvalue weighted by molar-refractivity contribution is 0.442. The van der Waals surface area contributed by atoms with Crippen LogP contribution in [-0.4, -0.2) is 12.6 Å². The number of hydrogen-bond acceptors (Lipinski definition) is 1. The third-order valence-corrected chi connectivity index (χ3v) is 3.43. The van der Waals surface area contributed by atoms with E-state index >= 15 is 0 Å². The number of rotatable bonds is 8. The van der Waals surface area contributed by atoms with E-state index in [-0.39, 0.29) is 0 Å². The molecule has 0 radical (unpaired) electrons. The number of hydrogen-bond donors (Lipinski definition) is 1. The van der Waals surface area contributed by atoms with E-state index in [4.69, 9.17) is 11.6 Å². The first-order chi connectivity index (χ1) is 8.61. The Labute approximate surface area is 117 Å². The van der Waals surface area contributed by atoms with Gasteiger partial charge in [-0.1, -0.05) is 57.3 Å². The maximum absolute atomic E-state index is 6.03. The van der Waals surface area contributed by atoms with Crippen molar-refractivity contribution in [3.63, 3.8) is 0 Å². The molecule has 2 heteroatoms. The van der Waals surface area contributed by atoms with E-state index in [9.17, 15) is 0 Å². The van der Waals surface area contributed by atoms with Crippen molar-refractivity contribution >= 4 is 11.6 Å². The van der Waals surface area contributed by atoms with Gasteiger partial charge in [0.25, 0.3) is 0 Å². The molecule has 0 aromatic heterocycles. The van der Waals surface area contributed by atoms with Crippen LogP contribution < -0.4 is 5.32 Å². The predicted octanol–water partition coefficient (Wildman–Crippen LogP) is 4.69. The fourth-order valence-electron chi connectivity index (χ4n) is 2.29. The van der Waals surface area contributed by atoms with Crippen LogP contribution >= 0.6 is 11.6 Å². The lowest BCUT2D eigenvalue weighted by Crippen LogP contribution is -2.31. The second-order valence-electron chi connectivity index (χ2n) is 5.41. The van der Waals surface area contributed by atoms with Crippen molar-refractivity contribution in [2.24, 2.45) is 5.92 Å². The zero-order chi connectivity index (χ0) is 13.4. The third kappa shape index (κ3) is 6.42. The summed E-state index contributed by atoms with van der Waals surface area (Å²) >= 11 is 6.03. The van der Waals surface area contributed by atoms with Crippen molar-refractivity contribution in [3.8, 4) is 0 Å². The summed E-state index contributed by atoms with van der Waals surface area (Å²) in [6.07, 6.45) is 4.94. The standard InChI is InChI=1S/C16H26ClN/c1-4-18-16(10-5-7-13(2)3)12-14-8-6-9-15(17)11-14/h6,8-9,11,13,16,18H,4-5,7,10,12H2,1-3H3. The van der Waals surface area contributed by atoms with E-state index in [2.05, 4.69) is 38.2 Å². The number of nitrogens with one attached hydrogen (secondary N) is 1. The van der Waals surface area contributed by atoms with Gasteiger partial charge in [0.15, 0.2) is 0 Å². The van der Waals surface area contributed by atoms with E-state index in [1.807, 2.05) is 12.1 Å². The number of benzene rings is 1. The topological polar surface area (TPSA) is 12.0 Å². The van der Waals surface area contributed by atoms with Gasteiger partial charge in [-0.15, -0.1) is 0 Å². The van der Waals surface area contributed by atoms with Gasteiger partial charge in [0, 0.05) is 11.1 Å². The van der Waals surface area contributed by atoms with Gasteiger partial charge < -0.3 is 5.32 Å². The maximum atomic E-state index is 6.03. The van der Waals surface area contributed by atoms with Crippen LogP contribution in [0.25, 0.3) is 0 Å². The fraction of sp³-hybridized carbons (Fsp3) is 0.625. The molecule has 1 N–H and O–H groups in total. The summed E-state index contributed by atoms with van der Waals surface area (Å²) < 4.78 is 0. The first-order valence-electron chi connectivity index (χ1n) is 7.09. The first-order valence-corrected chi connectivity index (χ1v) is 7.47. The molecule has 0 fully saturated rings. The maximum Gasteiger partial charge on any atom is 0.0408 e. The minimum absolute atomic E-state index is 0.576. The Kier molecular flexibility index (Phi) is 7.38. The predicted molar refractivity (Wildman–Crippen MR) is 81.3 cm³/mol. The zero-order valence-corrected chi connectivity index (χ0v) is 12.6. The molecule has 0 heterocycles. The van der Waals surface area contributed by atoms with Gasteiger partial charge in [0.1, 0.15) is 0 Å².